The van der Waals surface area contributed by atoms with Crippen molar-refractivity contribution in [2.75, 3.05) is 12.4 Å². The molecule has 0 aliphatic heterocycles. The van der Waals surface area contributed by atoms with E-state index >= 15 is 0 Å². The largest absolute Gasteiger partial charge is 0.481 e. The monoisotopic (exact) mass is 255 g/mol. The van der Waals surface area contributed by atoms with E-state index in [9.17, 15) is 0 Å². The lowest BCUT2D eigenvalue weighted by Crippen LogP contribution is -2.29. The van der Waals surface area contributed by atoms with E-state index in [1.165, 1.54) is 11.1 Å². The number of hydrogen-bond donors (Lipinski definition) is 2. The fraction of sp³-hybridized carbons (Fsp3) is 0.267. The van der Waals surface area contributed by atoms with Crippen molar-refractivity contribution in [2.45, 2.75) is 18.5 Å². The first-order chi connectivity index (χ1) is 9.28. The normalized spacial score (nSPS) is 20.9. The molecule has 0 fully saturated rings. The minimum atomic E-state index is 0.0940. The van der Waals surface area contributed by atoms with E-state index in [2.05, 4.69) is 34.6 Å². The molecule has 2 unspecified atom stereocenters. The van der Waals surface area contributed by atoms with Crippen molar-refractivity contribution in [3.05, 3.63) is 53.7 Å². The average Bonchev–Trinajstić information content (AvgIpc) is 2.76. The van der Waals surface area contributed by atoms with Crippen LogP contribution in [-0.2, 0) is 6.42 Å². The van der Waals surface area contributed by atoms with Gasteiger partial charge < -0.3 is 15.8 Å². The van der Waals surface area contributed by atoms with Crippen LogP contribution in [0, 0.1) is 0 Å². The minimum absolute atomic E-state index is 0.0940. The summed E-state index contributed by atoms with van der Waals surface area (Å²) in [7, 11) is 1.61. The van der Waals surface area contributed by atoms with Gasteiger partial charge in [-0.3, -0.25) is 0 Å². The van der Waals surface area contributed by atoms with E-state index < -0.39 is 0 Å². The van der Waals surface area contributed by atoms with E-state index in [4.69, 9.17) is 10.5 Å². The van der Waals surface area contributed by atoms with Crippen molar-refractivity contribution in [3.8, 4) is 5.88 Å². The topological polar surface area (TPSA) is 60.2 Å². The minimum Gasteiger partial charge on any atom is -0.481 e. The zero-order valence-electron chi connectivity index (χ0n) is 10.8. The Labute approximate surface area is 112 Å². The Bertz CT molecular complexity index is 585. The van der Waals surface area contributed by atoms with Gasteiger partial charge in [-0.15, -0.1) is 0 Å². The first-order valence-electron chi connectivity index (χ1n) is 6.38. The molecule has 0 bridgehead atoms. The number of fused-ring (bicyclic) bond motifs is 1. The summed E-state index contributed by atoms with van der Waals surface area (Å²) in [5.41, 5.74) is 9.82. The van der Waals surface area contributed by atoms with E-state index in [1.807, 2.05) is 12.1 Å². The van der Waals surface area contributed by atoms with E-state index in [0.717, 1.165) is 12.1 Å². The lowest BCUT2D eigenvalue weighted by molar-refractivity contribution is 0.398. The number of benzene rings is 1. The number of pyridine rings is 1. The molecular weight excluding hydrogens is 238 g/mol. The summed E-state index contributed by atoms with van der Waals surface area (Å²) in [5.74, 6) is 0.602. The molecule has 1 aromatic carbocycles. The van der Waals surface area contributed by atoms with Crippen molar-refractivity contribution in [2.24, 2.45) is 5.73 Å². The van der Waals surface area contributed by atoms with Crippen LogP contribution in [0.25, 0.3) is 0 Å². The second kappa shape index (κ2) is 4.90. The number of methoxy groups -OCH3 is 1. The maximum absolute atomic E-state index is 6.24. The molecule has 2 aromatic rings. The molecule has 1 aliphatic rings. The molecule has 0 spiro atoms. The first-order valence-corrected chi connectivity index (χ1v) is 6.38. The van der Waals surface area contributed by atoms with Crippen molar-refractivity contribution in [1.29, 1.82) is 0 Å². The molecule has 0 radical (unpaired) electrons. The van der Waals surface area contributed by atoms with E-state index in [1.54, 1.807) is 13.3 Å². The zero-order chi connectivity index (χ0) is 13.2. The van der Waals surface area contributed by atoms with Crippen LogP contribution in [-0.4, -0.2) is 18.1 Å². The summed E-state index contributed by atoms with van der Waals surface area (Å²) in [6, 6.07) is 12.4. The number of rotatable bonds is 3. The predicted molar refractivity (Wildman–Crippen MR) is 75.3 cm³/mol. The quantitative estimate of drug-likeness (QED) is 0.882. The van der Waals surface area contributed by atoms with Crippen molar-refractivity contribution in [1.82, 2.24) is 4.98 Å². The smallest absolute Gasteiger partial charge is 0.214 e. The maximum atomic E-state index is 6.24. The third-order valence-corrected chi connectivity index (χ3v) is 3.54. The van der Waals surface area contributed by atoms with Crippen molar-refractivity contribution in [3.63, 3.8) is 0 Å². The molecule has 4 nitrogen and oxygen atoms in total. The Balaban J connectivity index is 1.87. The van der Waals surface area contributed by atoms with Gasteiger partial charge in [-0.05, 0) is 23.6 Å². The molecule has 1 aromatic heterocycles. The highest BCUT2D eigenvalue weighted by atomic mass is 16.5. The van der Waals surface area contributed by atoms with Gasteiger partial charge >= 0.3 is 0 Å². The van der Waals surface area contributed by atoms with Crippen LogP contribution in [0.1, 0.15) is 17.2 Å². The van der Waals surface area contributed by atoms with Crippen LogP contribution in [0.3, 0.4) is 0 Å². The first kappa shape index (κ1) is 12.0. The number of nitrogens with zero attached hydrogens (tertiary/aromatic N) is 1. The SMILES string of the molecule is COc1cc(NC2c3ccccc3CC2N)ccn1. The Kier molecular flexibility index (Phi) is 3.09. The standard InChI is InChI=1S/C15H17N3O/c1-19-14-9-11(6-7-17-14)18-15-12-5-3-2-4-10(12)8-13(15)16/h2-7,9,13,15H,8,16H2,1H3,(H,17,18). The van der Waals surface area contributed by atoms with Gasteiger partial charge in [0.2, 0.25) is 5.88 Å². The van der Waals surface area contributed by atoms with Crippen molar-refractivity contribution >= 4 is 5.69 Å². The predicted octanol–water partition coefficient (Wildman–Crippen LogP) is 2.13. The third kappa shape index (κ3) is 2.27. The lowest BCUT2D eigenvalue weighted by Gasteiger charge is -2.20. The second-order valence-electron chi connectivity index (χ2n) is 4.78. The number of anilines is 1. The van der Waals surface area contributed by atoms with Gasteiger partial charge in [0.1, 0.15) is 0 Å². The molecule has 3 N–H and O–H groups in total. The van der Waals surface area contributed by atoms with Gasteiger partial charge in [0, 0.05) is 24.0 Å². The Hall–Kier alpha value is -2.07. The number of nitrogens with one attached hydrogen (secondary N) is 1. The second-order valence-corrected chi connectivity index (χ2v) is 4.78. The summed E-state index contributed by atoms with van der Waals surface area (Å²) < 4.78 is 5.13. The van der Waals surface area contributed by atoms with Crippen LogP contribution in [0.5, 0.6) is 5.88 Å². The Morgan fingerprint density at radius 2 is 2.16 bits per heavy atom. The molecule has 1 heterocycles. The summed E-state index contributed by atoms with van der Waals surface area (Å²) in [6.07, 6.45) is 2.64. The van der Waals surface area contributed by atoms with Crippen LogP contribution in [0.15, 0.2) is 42.6 Å². The molecule has 4 heteroatoms. The summed E-state index contributed by atoms with van der Waals surface area (Å²) >= 11 is 0. The summed E-state index contributed by atoms with van der Waals surface area (Å²) in [5, 5.41) is 3.48. The maximum Gasteiger partial charge on any atom is 0.214 e. The van der Waals surface area contributed by atoms with Crippen LogP contribution < -0.4 is 15.8 Å². The number of ether oxygens (including phenoxy) is 1. The number of nitrogens with two attached hydrogens (primary N) is 1. The van der Waals surface area contributed by atoms with Crippen LogP contribution >= 0.6 is 0 Å². The summed E-state index contributed by atoms with van der Waals surface area (Å²) in [6.45, 7) is 0. The molecule has 3 rings (SSSR count). The highest BCUT2D eigenvalue weighted by Gasteiger charge is 2.29. The van der Waals surface area contributed by atoms with Gasteiger partial charge in [0.15, 0.2) is 0 Å². The van der Waals surface area contributed by atoms with E-state index in [-0.39, 0.29) is 12.1 Å². The van der Waals surface area contributed by atoms with Crippen LogP contribution in [0.2, 0.25) is 0 Å². The summed E-state index contributed by atoms with van der Waals surface area (Å²) in [4.78, 5) is 4.10. The molecule has 2 atom stereocenters. The lowest BCUT2D eigenvalue weighted by atomic mass is 10.1. The molecule has 0 saturated heterocycles. The van der Waals surface area contributed by atoms with Gasteiger partial charge in [-0.1, -0.05) is 24.3 Å². The average molecular weight is 255 g/mol. The van der Waals surface area contributed by atoms with Crippen LogP contribution in [0.4, 0.5) is 5.69 Å². The zero-order valence-corrected chi connectivity index (χ0v) is 10.8. The number of hydrogen-bond acceptors (Lipinski definition) is 4. The van der Waals surface area contributed by atoms with Gasteiger partial charge in [-0.2, -0.15) is 0 Å². The Morgan fingerprint density at radius 3 is 3.00 bits per heavy atom. The Morgan fingerprint density at radius 1 is 1.32 bits per heavy atom. The fourth-order valence-corrected chi connectivity index (χ4v) is 2.60. The number of aromatic nitrogens is 1. The van der Waals surface area contributed by atoms with E-state index in [0.29, 0.717) is 5.88 Å². The van der Waals surface area contributed by atoms with Crippen molar-refractivity contribution < 1.29 is 4.74 Å². The molecule has 0 amide bonds. The molecule has 0 saturated carbocycles. The molecular formula is C15H17N3O. The highest BCUT2D eigenvalue weighted by Crippen LogP contribution is 2.33. The van der Waals surface area contributed by atoms with Gasteiger partial charge in [0.25, 0.3) is 0 Å². The highest BCUT2D eigenvalue weighted by molar-refractivity contribution is 5.50. The van der Waals surface area contributed by atoms with Gasteiger partial charge in [0.05, 0.1) is 13.2 Å². The molecule has 1 aliphatic carbocycles. The fourth-order valence-electron chi connectivity index (χ4n) is 2.60. The van der Waals surface area contributed by atoms with Gasteiger partial charge in [-0.25, -0.2) is 4.98 Å². The third-order valence-electron chi connectivity index (χ3n) is 3.54. The molecule has 98 valence electrons. The molecule has 19 heavy (non-hydrogen) atoms.